The summed E-state index contributed by atoms with van der Waals surface area (Å²) in [6, 6.07) is 0.141. The normalized spacial score (nSPS) is 38.3. The lowest BCUT2D eigenvalue weighted by Crippen LogP contribution is -2.47. The molecule has 0 bridgehead atoms. The number of amides is 1. The van der Waals surface area contributed by atoms with Crippen LogP contribution in [0.2, 0.25) is 0 Å². The summed E-state index contributed by atoms with van der Waals surface area (Å²) in [4.78, 5) is 22.6. The molecule has 22 heavy (non-hydrogen) atoms. The number of hydrogen-bond acceptors (Lipinski definition) is 4. The Bertz CT molecular complexity index is 666. The second-order valence-corrected chi connectivity index (χ2v) is 7.25. The number of nitrogens with zero attached hydrogens (tertiary/aromatic N) is 4. The SMILES string of the molecule is CC1(C)OC(=O)N2C[C@H](C3=C4C=NC=C[N+]4(Cl)C=N3)CC[C@H]21. The highest BCUT2D eigenvalue weighted by molar-refractivity contribution is 6.14. The van der Waals surface area contributed by atoms with Crippen molar-refractivity contribution in [3.8, 4) is 0 Å². The number of rotatable bonds is 1. The molecule has 2 fully saturated rings. The van der Waals surface area contributed by atoms with Crippen LogP contribution in [-0.4, -0.2) is 45.7 Å². The average molecular weight is 322 g/mol. The van der Waals surface area contributed by atoms with E-state index in [-0.39, 0.29) is 22.1 Å². The van der Waals surface area contributed by atoms with Crippen LogP contribution >= 0.6 is 11.8 Å². The summed E-state index contributed by atoms with van der Waals surface area (Å²) in [5.74, 6) is 0.167. The molecule has 0 aliphatic carbocycles. The van der Waals surface area contributed by atoms with Crippen molar-refractivity contribution in [3.63, 3.8) is 0 Å². The number of aliphatic imine (C=N–C) groups is 2. The van der Waals surface area contributed by atoms with Gasteiger partial charge in [-0.25, -0.2) is 4.79 Å². The average Bonchev–Trinajstić information content (AvgIpc) is 2.93. The Kier molecular flexibility index (Phi) is 2.81. The van der Waals surface area contributed by atoms with Crippen LogP contribution in [0.4, 0.5) is 4.79 Å². The van der Waals surface area contributed by atoms with Gasteiger partial charge in [0, 0.05) is 12.5 Å². The minimum absolute atomic E-state index is 0.0364. The molecule has 4 aliphatic rings. The maximum absolute atomic E-state index is 12.1. The van der Waals surface area contributed by atoms with E-state index >= 15 is 0 Å². The molecule has 3 atom stereocenters. The summed E-state index contributed by atoms with van der Waals surface area (Å²) in [6.07, 6.45) is 8.56. The second-order valence-electron chi connectivity index (χ2n) is 6.69. The number of ether oxygens (including phenoxy) is 1. The smallest absolute Gasteiger partial charge is 0.410 e. The number of allylic oxidation sites excluding steroid dienone is 1. The van der Waals surface area contributed by atoms with Crippen LogP contribution in [0.3, 0.4) is 0 Å². The zero-order valence-electron chi connectivity index (χ0n) is 12.6. The molecule has 0 spiro atoms. The number of cyclic esters (lactones) is 1. The van der Waals surface area contributed by atoms with Gasteiger partial charge in [0.05, 0.1) is 18.5 Å². The van der Waals surface area contributed by atoms with Crippen molar-refractivity contribution in [3.05, 3.63) is 23.8 Å². The zero-order valence-corrected chi connectivity index (χ0v) is 13.3. The van der Waals surface area contributed by atoms with E-state index in [4.69, 9.17) is 16.5 Å². The number of carbonyl (C=O) groups excluding carboxylic acids is 1. The highest BCUT2D eigenvalue weighted by Gasteiger charge is 2.51. The first kappa shape index (κ1) is 14.0. The van der Waals surface area contributed by atoms with E-state index in [1.165, 1.54) is 0 Å². The first-order valence-electron chi connectivity index (χ1n) is 7.49. The minimum Gasteiger partial charge on any atom is -0.441 e. The maximum Gasteiger partial charge on any atom is 0.410 e. The predicted molar refractivity (Wildman–Crippen MR) is 83.0 cm³/mol. The lowest BCUT2D eigenvalue weighted by atomic mass is 9.84. The highest BCUT2D eigenvalue weighted by Crippen LogP contribution is 2.42. The molecule has 116 valence electrons. The molecular weight excluding hydrogens is 304 g/mol. The Morgan fingerprint density at radius 1 is 1.45 bits per heavy atom. The van der Waals surface area contributed by atoms with Crippen LogP contribution in [-0.2, 0) is 4.74 Å². The molecule has 1 unspecified atom stereocenters. The molecule has 1 amide bonds. The molecule has 7 heteroatoms. The summed E-state index contributed by atoms with van der Waals surface area (Å²) in [6.45, 7) is 4.58. The number of quaternary nitrogens is 1. The molecule has 0 radical (unpaired) electrons. The van der Waals surface area contributed by atoms with Crippen molar-refractivity contribution in [2.45, 2.75) is 38.3 Å². The highest BCUT2D eigenvalue weighted by atomic mass is 35.5. The number of fused-ring (bicyclic) bond motifs is 2. The van der Waals surface area contributed by atoms with Crippen LogP contribution in [0.25, 0.3) is 0 Å². The monoisotopic (exact) mass is 321 g/mol. The third kappa shape index (κ3) is 1.87. The Balaban J connectivity index is 1.63. The van der Waals surface area contributed by atoms with Crippen LogP contribution in [0, 0.1) is 5.92 Å². The van der Waals surface area contributed by atoms with E-state index in [0.717, 1.165) is 24.2 Å². The predicted octanol–water partition coefficient (Wildman–Crippen LogP) is 2.78. The van der Waals surface area contributed by atoms with E-state index in [2.05, 4.69) is 9.98 Å². The molecule has 6 nitrogen and oxygen atoms in total. The molecule has 0 aromatic carbocycles. The lowest BCUT2D eigenvalue weighted by molar-refractivity contribution is -0.592. The minimum atomic E-state index is -0.417. The van der Waals surface area contributed by atoms with Gasteiger partial charge in [0.2, 0.25) is 12.0 Å². The maximum atomic E-state index is 12.1. The molecule has 0 aromatic heterocycles. The fourth-order valence-electron chi connectivity index (χ4n) is 3.76. The quantitative estimate of drug-likeness (QED) is 0.697. The van der Waals surface area contributed by atoms with Gasteiger partial charge in [-0.05, 0) is 26.7 Å². The van der Waals surface area contributed by atoms with Gasteiger partial charge in [0.25, 0.3) is 0 Å². The van der Waals surface area contributed by atoms with E-state index < -0.39 is 5.60 Å². The molecule has 0 aromatic rings. The van der Waals surface area contributed by atoms with Gasteiger partial charge in [-0.1, -0.05) is 0 Å². The van der Waals surface area contributed by atoms with Gasteiger partial charge in [0.1, 0.15) is 17.5 Å². The first-order chi connectivity index (χ1) is 10.4. The summed E-state index contributed by atoms with van der Waals surface area (Å²) in [7, 11) is 0. The van der Waals surface area contributed by atoms with Crippen molar-refractivity contribution in [1.29, 1.82) is 0 Å². The molecule has 4 rings (SSSR count). The third-order valence-corrected chi connectivity index (χ3v) is 5.30. The van der Waals surface area contributed by atoms with Gasteiger partial charge >= 0.3 is 6.09 Å². The Hall–Kier alpha value is -1.66. The number of hydrogen-bond donors (Lipinski definition) is 0. The summed E-state index contributed by atoms with van der Waals surface area (Å²) in [5, 5.41) is 0. The van der Waals surface area contributed by atoms with Gasteiger partial charge in [0.15, 0.2) is 11.8 Å². The van der Waals surface area contributed by atoms with E-state index in [1.807, 2.05) is 18.7 Å². The topological polar surface area (TPSA) is 54.3 Å². The molecule has 0 saturated carbocycles. The summed E-state index contributed by atoms with van der Waals surface area (Å²) >= 11 is 6.52. The number of piperidine rings is 1. The van der Waals surface area contributed by atoms with Gasteiger partial charge < -0.3 is 9.64 Å². The molecule has 4 heterocycles. The van der Waals surface area contributed by atoms with Crippen molar-refractivity contribution >= 4 is 30.4 Å². The molecule has 4 aliphatic heterocycles. The van der Waals surface area contributed by atoms with Crippen molar-refractivity contribution in [2.24, 2.45) is 15.9 Å². The molecular formula is C15H18ClN4O2+. The van der Waals surface area contributed by atoms with Gasteiger partial charge in [-0.2, -0.15) is 4.99 Å². The number of carbonyl (C=O) groups is 1. The fourth-order valence-corrected chi connectivity index (χ4v) is 3.98. The van der Waals surface area contributed by atoms with Crippen LogP contribution in [0.5, 0.6) is 0 Å². The fraction of sp³-hybridized carbons (Fsp3) is 0.533. The standard InChI is InChI=1S/C15H18ClN4O2/c1-15(2)12-4-3-10(8-19(12)14(21)22-15)13-11-7-17-5-6-20(11,16)9-18-13/h5-7,9-10,12H,3-4,8H2,1-2H3/q+1/t10-,12+,20?/m1/s1. The Morgan fingerprint density at radius 2 is 2.27 bits per heavy atom. The Morgan fingerprint density at radius 3 is 3.09 bits per heavy atom. The van der Waals surface area contributed by atoms with Gasteiger partial charge in [-0.3, -0.25) is 4.99 Å². The molecule has 0 N–H and O–H groups in total. The van der Waals surface area contributed by atoms with Crippen LogP contribution in [0.15, 0.2) is 33.8 Å². The van der Waals surface area contributed by atoms with Gasteiger partial charge in [-0.15, -0.1) is 4.00 Å². The second kappa shape index (κ2) is 4.43. The van der Waals surface area contributed by atoms with E-state index in [0.29, 0.717) is 6.54 Å². The third-order valence-electron chi connectivity index (χ3n) is 4.92. The van der Waals surface area contributed by atoms with Crippen LogP contribution < -0.4 is 0 Å². The Labute approximate surface area is 134 Å². The van der Waals surface area contributed by atoms with E-state index in [1.54, 1.807) is 25.0 Å². The van der Waals surface area contributed by atoms with Crippen molar-refractivity contribution in [2.75, 3.05) is 6.54 Å². The summed E-state index contributed by atoms with van der Waals surface area (Å²) in [5.41, 5.74) is 1.39. The summed E-state index contributed by atoms with van der Waals surface area (Å²) < 4.78 is 5.53. The van der Waals surface area contributed by atoms with Crippen LogP contribution in [0.1, 0.15) is 26.7 Å². The lowest BCUT2D eigenvalue weighted by Gasteiger charge is -2.36. The van der Waals surface area contributed by atoms with Crippen molar-refractivity contribution < 1.29 is 13.5 Å². The van der Waals surface area contributed by atoms with Crippen molar-refractivity contribution in [1.82, 2.24) is 4.90 Å². The zero-order chi connectivity index (χ0) is 15.5. The number of halogens is 1. The van der Waals surface area contributed by atoms with E-state index in [9.17, 15) is 4.79 Å². The molecule has 2 saturated heterocycles. The largest absolute Gasteiger partial charge is 0.441 e. The first-order valence-corrected chi connectivity index (χ1v) is 7.83.